The van der Waals surface area contributed by atoms with Gasteiger partial charge in [0.05, 0.1) is 17.8 Å². The summed E-state index contributed by atoms with van der Waals surface area (Å²) in [5.74, 6) is -0.342. The molecular weight excluding hydrogens is 363 g/mol. The van der Waals surface area contributed by atoms with Crippen LogP contribution in [0.1, 0.15) is 45.9 Å². The first-order valence-electron chi connectivity index (χ1n) is 9.14. The zero-order valence-corrected chi connectivity index (χ0v) is 16.0. The zero-order valence-electron chi connectivity index (χ0n) is 15.1. The third kappa shape index (κ3) is 4.08. The number of carbonyl (C=O) groups is 1. The van der Waals surface area contributed by atoms with Gasteiger partial charge in [0, 0.05) is 17.0 Å². The molecule has 0 radical (unpaired) electrons. The number of aryl methyl sites for hydroxylation is 2. The molecule has 0 unspecified atom stereocenters. The number of anilines is 1. The van der Waals surface area contributed by atoms with Crippen LogP contribution >= 0.6 is 11.3 Å². The molecule has 0 bridgehead atoms. The van der Waals surface area contributed by atoms with E-state index in [-0.39, 0.29) is 18.1 Å². The van der Waals surface area contributed by atoms with Gasteiger partial charge in [0.2, 0.25) is 5.91 Å². The number of benzene rings is 1. The molecule has 1 aliphatic carbocycles. The molecule has 0 spiro atoms. The molecule has 2 heterocycles. The van der Waals surface area contributed by atoms with Gasteiger partial charge in [-0.05, 0) is 55.9 Å². The number of amides is 1. The quantitative estimate of drug-likeness (QED) is 0.699. The molecule has 0 aliphatic heterocycles. The summed E-state index contributed by atoms with van der Waals surface area (Å²) >= 11 is 1.46. The number of carbonyl (C=O) groups excluding carboxylic acids is 1. The molecule has 4 rings (SSSR count). The van der Waals surface area contributed by atoms with Gasteiger partial charge >= 0.3 is 0 Å². The number of nitrogens with one attached hydrogen (secondary N) is 2. The Morgan fingerprint density at radius 2 is 2.04 bits per heavy atom. The average molecular weight is 384 g/mol. The lowest BCUT2D eigenvalue weighted by molar-refractivity contribution is -0.115. The molecule has 0 fully saturated rings. The van der Waals surface area contributed by atoms with Crippen molar-refractivity contribution in [2.24, 2.45) is 0 Å². The van der Waals surface area contributed by atoms with Crippen LogP contribution in [0.25, 0.3) is 0 Å². The molecule has 5 nitrogen and oxygen atoms in total. The maximum atomic E-state index is 13.0. The first-order valence-corrected chi connectivity index (χ1v) is 9.95. The van der Waals surface area contributed by atoms with Crippen molar-refractivity contribution in [3.63, 3.8) is 0 Å². The highest BCUT2D eigenvalue weighted by Gasteiger charge is 2.19. The monoisotopic (exact) mass is 384 g/mol. The van der Waals surface area contributed by atoms with Crippen LogP contribution in [0.2, 0.25) is 0 Å². The van der Waals surface area contributed by atoms with E-state index in [1.165, 1.54) is 41.1 Å². The highest BCUT2D eigenvalue weighted by Crippen LogP contribution is 2.26. The second-order valence-electron chi connectivity index (χ2n) is 6.89. The van der Waals surface area contributed by atoms with Crippen LogP contribution in [0.5, 0.6) is 0 Å². The fourth-order valence-corrected chi connectivity index (χ4v) is 4.46. The molecule has 1 aromatic carbocycles. The van der Waals surface area contributed by atoms with Gasteiger partial charge < -0.3 is 5.32 Å². The molecule has 2 N–H and O–H groups in total. The smallest absolute Gasteiger partial charge is 0.232 e. The number of thiazole rings is 1. The Bertz CT molecular complexity index is 961. The zero-order chi connectivity index (χ0) is 18.8. The lowest BCUT2D eigenvalue weighted by Crippen LogP contribution is -2.16. The van der Waals surface area contributed by atoms with Crippen LogP contribution in [0.15, 0.2) is 24.3 Å². The Labute approximate surface area is 161 Å². The van der Waals surface area contributed by atoms with Gasteiger partial charge in [-0.25, -0.2) is 9.37 Å². The number of fused-ring (bicyclic) bond motifs is 1. The van der Waals surface area contributed by atoms with Gasteiger partial charge in [0.1, 0.15) is 5.82 Å². The molecule has 140 valence electrons. The Balaban J connectivity index is 1.41. The number of rotatable bonds is 5. The van der Waals surface area contributed by atoms with Crippen molar-refractivity contribution in [3.05, 3.63) is 63.2 Å². The van der Waals surface area contributed by atoms with Crippen LogP contribution in [-0.2, 0) is 30.5 Å². The van der Waals surface area contributed by atoms with Crippen LogP contribution in [0.4, 0.5) is 9.52 Å². The molecular formula is C20H21FN4OS. The lowest BCUT2D eigenvalue weighted by Gasteiger charge is -2.10. The summed E-state index contributed by atoms with van der Waals surface area (Å²) in [6.45, 7) is 1.93. The number of H-pyrrole nitrogens is 1. The number of nitrogens with zero attached hydrogens (tertiary/aromatic N) is 2. The minimum Gasteiger partial charge on any atom is -0.302 e. The standard InChI is InChI=1S/C20H21FN4OS/c1-12-18(10-13-6-8-14(21)9-7-13)27-20(22-12)23-19(26)11-17-15-4-2-3-5-16(15)24-25-17/h6-9H,2-5,10-11H2,1H3,(H,24,25)(H,22,23,26). The maximum Gasteiger partial charge on any atom is 0.232 e. The van der Waals surface area contributed by atoms with Gasteiger partial charge in [-0.3, -0.25) is 9.89 Å². The molecule has 27 heavy (non-hydrogen) atoms. The molecule has 0 atom stereocenters. The van der Waals surface area contributed by atoms with Crippen molar-refractivity contribution in [3.8, 4) is 0 Å². The second kappa shape index (κ2) is 7.60. The highest BCUT2D eigenvalue weighted by atomic mass is 32.1. The molecule has 3 aromatic rings. The van der Waals surface area contributed by atoms with Crippen LogP contribution in [-0.4, -0.2) is 21.1 Å². The van der Waals surface area contributed by atoms with Crippen molar-refractivity contribution in [1.82, 2.24) is 15.2 Å². The van der Waals surface area contributed by atoms with Crippen molar-refractivity contribution in [2.45, 2.75) is 45.4 Å². The predicted octanol–water partition coefficient (Wildman–Crippen LogP) is 3.96. The number of aromatic nitrogens is 3. The van der Waals surface area contributed by atoms with E-state index in [4.69, 9.17) is 0 Å². The van der Waals surface area contributed by atoms with Gasteiger partial charge in [-0.2, -0.15) is 5.10 Å². The molecule has 0 saturated carbocycles. The van der Waals surface area contributed by atoms with E-state index >= 15 is 0 Å². The summed E-state index contributed by atoms with van der Waals surface area (Å²) in [4.78, 5) is 18.0. The number of hydrogen-bond acceptors (Lipinski definition) is 4. The molecule has 1 aliphatic rings. The molecule has 2 aromatic heterocycles. The van der Waals surface area contributed by atoms with Crippen LogP contribution in [0.3, 0.4) is 0 Å². The molecule has 1 amide bonds. The summed E-state index contributed by atoms with van der Waals surface area (Å²) in [5.41, 5.74) is 5.14. The van der Waals surface area contributed by atoms with Gasteiger partial charge in [-0.15, -0.1) is 11.3 Å². The summed E-state index contributed by atoms with van der Waals surface area (Å²) in [7, 11) is 0. The van der Waals surface area contributed by atoms with E-state index in [0.717, 1.165) is 41.1 Å². The van der Waals surface area contributed by atoms with Crippen molar-refractivity contribution >= 4 is 22.4 Å². The second-order valence-corrected chi connectivity index (χ2v) is 7.97. The van der Waals surface area contributed by atoms with E-state index in [9.17, 15) is 9.18 Å². The topological polar surface area (TPSA) is 70.7 Å². The van der Waals surface area contributed by atoms with Crippen LogP contribution in [0, 0.1) is 12.7 Å². The fourth-order valence-electron chi connectivity index (χ4n) is 3.44. The Hall–Kier alpha value is -2.54. The van der Waals surface area contributed by atoms with Crippen molar-refractivity contribution in [1.29, 1.82) is 0 Å². The Morgan fingerprint density at radius 1 is 1.26 bits per heavy atom. The summed E-state index contributed by atoms with van der Waals surface area (Å²) < 4.78 is 13.0. The first-order chi connectivity index (χ1) is 13.1. The van der Waals surface area contributed by atoms with E-state index in [2.05, 4.69) is 20.5 Å². The largest absolute Gasteiger partial charge is 0.302 e. The maximum absolute atomic E-state index is 13.0. The molecule has 0 saturated heterocycles. The SMILES string of the molecule is Cc1nc(NC(=O)Cc2n[nH]c3c2CCCC3)sc1Cc1ccc(F)cc1. The van der Waals surface area contributed by atoms with E-state index in [1.807, 2.05) is 6.92 Å². The number of hydrogen-bond donors (Lipinski definition) is 2. The average Bonchev–Trinajstić information content (AvgIpc) is 3.21. The minimum atomic E-state index is -0.242. The van der Waals surface area contributed by atoms with Gasteiger partial charge in [0.25, 0.3) is 0 Å². The molecule has 7 heteroatoms. The van der Waals surface area contributed by atoms with Crippen molar-refractivity contribution in [2.75, 3.05) is 5.32 Å². The first kappa shape index (κ1) is 17.9. The van der Waals surface area contributed by atoms with Crippen LogP contribution < -0.4 is 5.32 Å². The predicted molar refractivity (Wildman–Crippen MR) is 104 cm³/mol. The normalized spacial score (nSPS) is 13.4. The lowest BCUT2D eigenvalue weighted by atomic mass is 9.95. The minimum absolute atomic E-state index is 0.100. The Morgan fingerprint density at radius 3 is 2.85 bits per heavy atom. The summed E-state index contributed by atoms with van der Waals surface area (Å²) in [6, 6.07) is 6.46. The number of aromatic amines is 1. The fraction of sp³-hybridized carbons (Fsp3) is 0.350. The van der Waals surface area contributed by atoms with Crippen molar-refractivity contribution < 1.29 is 9.18 Å². The van der Waals surface area contributed by atoms with E-state index in [1.54, 1.807) is 12.1 Å². The third-order valence-corrected chi connectivity index (χ3v) is 5.96. The summed E-state index contributed by atoms with van der Waals surface area (Å²) in [5, 5.41) is 10.9. The Kier molecular flexibility index (Phi) is 5.03. The highest BCUT2D eigenvalue weighted by molar-refractivity contribution is 7.15. The van der Waals surface area contributed by atoms with E-state index < -0.39 is 0 Å². The third-order valence-electron chi connectivity index (χ3n) is 4.89. The van der Waals surface area contributed by atoms with E-state index in [0.29, 0.717) is 11.6 Å². The van der Waals surface area contributed by atoms with Gasteiger partial charge in [0.15, 0.2) is 5.13 Å². The summed E-state index contributed by atoms with van der Waals surface area (Å²) in [6.07, 6.45) is 5.27. The van der Waals surface area contributed by atoms with Gasteiger partial charge in [-0.1, -0.05) is 12.1 Å². The number of halogens is 1.